The summed E-state index contributed by atoms with van der Waals surface area (Å²) in [6.45, 7) is 4.50. The lowest BCUT2D eigenvalue weighted by molar-refractivity contribution is 0.309. The fourth-order valence-electron chi connectivity index (χ4n) is 3.08. The summed E-state index contributed by atoms with van der Waals surface area (Å²) < 4.78 is 14.8. The third-order valence-corrected chi connectivity index (χ3v) is 7.24. The van der Waals surface area contributed by atoms with Gasteiger partial charge in [-0.15, -0.1) is 0 Å². The fourth-order valence-corrected chi connectivity index (χ4v) is 4.43. The molecule has 0 unspecified atom stereocenters. The summed E-state index contributed by atoms with van der Waals surface area (Å²) in [4.78, 5) is 17.9. The molecule has 0 N–H and O–H groups in total. The van der Waals surface area contributed by atoms with Crippen LogP contribution in [0.1, 0.15) is 38.1 Å². The zero-order valence-electron chi connectivity index (χ0n) is 17.4. The number of benzene rings is 2. The average molecular weight is 616 g/mol. The Labute approximate surface area is 206 Å². The van der Waals surface area contributed by atoms with Gasteiger partial charge in [-0.3, -0.25) is 4.79 Å². The summed E-state index contributed by atoms with van der Waals surface area (Å²) >= 11 is 10.5. The van der Waals surface area contributed by atoms with Crippen molar-refractivity contribution < 1.29 is 9.47 Å². The Morgan fingerprint density at radius 3 is 2.61 bits per heavy atom. The summed E-state index contributed by atoms with van der Waals surface area (Å²) in [5.41, 5.74) is 1.19. The van der Waals surface area contributed by atoms with Gasteiger partial charge in [-0.25, -0.2) is 4.98 Å². The summed E-state index contributed by atoms with van der Waals surface area (Å²) in [6, 6.07) is 7.32. The van der Waals surface area contributed by atoms with E-state index in [-0.39, 0.29) is 5.56 Å². The molecule has 31 heavy (non-hydrogen) atoms. The molecule has 3 rings (SSSR count). The molecule has 0 atom stereocenters. The number of methoxy groups -OCH3 is 1. The molecule has 0 saturated carbocycles. The average Bonchev–Trinajstić information content (AvgIpc) is 2.75. The van der Waals surface area contributed by atoms with Crippen LogP contribution in [0.5, 0.6) is 11.5 Å². The number of aromatic nitrogens is 2. The third-order valence-electron chi connectivity index (χ3n) is 4.60. The van der Waals surface area contributed by atoms with Crippen molar-refractivity contribution in [2.24, 2.45) is 5.10 Å². The largest absolute Gasteiger partial charge is 0.492 e. The molecular weight excluding hydrogens is 594 g/mol. The van der Waals surface area contributed by atoms with Crippen molar-refractivity contribution in [3.8, 4) is 11.5 Å². The molecule has 0 saturated heterocycles. The second kappa shape index (κ2) is 10.7. The number of rotatable bonds is 8. The van der Waals surface area contributed by atoms with Crippen molar-refractivity contribution >= 4 is 64.9 Å². The first-order chi connectivity index (χ1) is 14.9. The molecule has 0 aliphatic rings. The third kappa shape index (κ3) is 5.21. The van der Waals surface area contributed by atoms with E-state index in [0.29, 0.717) is 45.7 Å². The van der Waals surface area contributed by atoms with Crippen molar-refractivity contribution in [1.29, 1.82) is 0 Å². The summed E-state index contributed by atoms with van der Waals surface area (Å²) in [5.74, 6) is 1.80. The summed E-state index contributed by atoms with van der Waals surface area (Å²) in [6.07, 6.45) is 4.19. The van der Waals surface area contributed by atoms with Crippen LogP contribution in [0.3, 0.4) is 0 Å². The number of unbranched alkanes of at least 4 members (excludes halogenated alkanes) is 1. The molecule has 1 aromatic heterocycles. The molecule has 3 aromatic rings. The van der Waals surface area contributed by atoms with E-state index >= 15 is 0 Å². The van der Waals surface area contributed by atoms with Crippen LogP contribution < -0.4 is 15.0 Å². The Balaban J connectivity index is 2.16. The molecule has 0 amide bonds. The molecule has 0 fully saturated rings. The van der Waals surface area contributed by atoms with Gasteiger partial charge in [0.25, 0.3) is 5.56 Å². The summed E-state index contributed by atoms with van der Waals surface area (Å²) in [7, 11) is 1.58. The van der Waals surface area contributed by atoms with Gasteiger partial charge < -0.3 is 9.47 Å². The molecule has 164 valence electrons. The fraction of sp³-hybridized carbons (Fsp3) is 0.318. The minimum absolute atomic E-state index is 0.206. The Morgan fingerprint density at radius 1 is 1.16 bits per heavy atom. The van der Waals surface area contributed by atoms with Crippen molar-refractivity contribution in [1.82, 2.24) is 9.66 Å². The van der Waals surface area contributed by atoms with Gasteiger partial charge in [-0.1, -0.05) is 29.3 Å². The van der Waals surface area contributed by atoms with E-state index in [1.165, 1.54) is 4.68 Å². The molecule has 9 heteroatoms. The van der Waals surface area contributed by atoms with E-state index in [0.717, 1.165) is 27.4 Å². The molecular formula is C22H22Br3N3O3. The van der Waals surface area contributed by atoms with Gasteiger partial charge in [0.05, 0.1) is 35.3 Å². The predicted octanol–water partition coefficient (Wildman–Crippen LogP) is 6.32. The van der Waals surface area contributed by atoms with Crippen LogP contribution in [-0.4, -0.2) is 29.6 Å². The van der Waals surface area contributed by atoms with Crippen LogP contribution >= 0.6 is 47.8 Å². The number of aryl methyl sites for hydroxylation is 1. The molecule has 1 heterocycles. The monoisotopic (exact) mass is 613 g/mol. The van der Waals surface area contributed by atoms with E-state index in [4.69, 9.17) is 14.5 Å². The molecule has 0 bridgehead atoms. The molecule has 0 radical (unpaired) electrons. The number of halogens is 3. The van der Waals surface area contributed by atoms with Crippen LogP contribution in [0.4, 0.5) is 0 Å². The molecule has 0 aliphatic heterocycles. The van der Waals surface area contributed by atoms with Crippen molar-refractivity contribution in [3.05, 3.63) is 59.4 Å². The Bertz CT molecular complexity index is 1190. The lowest BCUT2D eigenvalue weighted by Crippen LogP contribution is -2.22. The Hall–Kier alpha value is -1.71. The van der Waals surface area contributed by atoms with Gasteiger partial charge >= 0.3 is 0 Å². The van der Waals surface area contributed by atoms with Gasteiger partial charge in [0.2, 0.25) is 0 Å². The quantitative estimate of drug-likeness (QED) is 0.278. The molecule has 0 spiro atoms. The first kappa shape index (κ1) is 23.9. The van der Waals surface area contributed by atoms with Crippen molar-refractivity contribution in [3.63, 3.8) is 0 Å². The summed E-state index contributed by atoms with van der Waals surface area (Å²) in [5, 5.41) is 5.03. The maximum absolute atomic E-state index is 13.2. The number of hydrogen-bond donors (Lipinski definition) is 0. The van der Waals surface area contributed by atoms with Crippen LogP contribution in [-0.2, 0) is 6.42 Å². The smallest absolute Gasteiger partial charge is 0.282 e. The highest BCUT2D eigenvalue weighted by Gasteiger charge is 2.16. The highest BCUT2D eigenvalue weighted by atomic mass is 79.9. The molecule has 0 aliphatic carbocycles. The lowest BCUT2D eigenvalue weighted by Gasteiger charge is -2.14. The Morgan fingerprint density at radius 2 is 1.94 bits per heavy atom. The topological polar surface area (TPSA) is 65.7 Å². The van der Waals surface area contributed by atoms with Crippen LogP contribution in [0.2, 0.25) is 0 Å². The lowest BCUT2D eigenvalue weighted by atomic mass is 10.2. The Kier molecular flexibility index (Phi) is 8.30. The van der Waals surface area contributed by atoms with Gasteiger partial charge in [0.1, 0.15) is 5.82 Å². The highest BCUT2D eigenvalue weighted by Crippen LogP contribution is 2.42. The number of fused-ring (bicyclic) bond motifs is 1. The second-order valence-electron chi connectivity index (χ2n) is 6.71. The van der Waals surface area contributed by atoms with Crippen LogP contribution in [0, 0.1) is 0 Å². The number of hydrogen-bond acceptors (Lipinski definition) is 5. The SMILES string of the molecule is CCCCc1nc2ccc(Br)cc2c(=O)n1N=Cc1cc(OCC)c(OC)c(Br)c1Br. The van der Waals surface area contributed by atoms with E-state index in [2.05, 4.69) is 59.8 Å². The highest BCUT2D eigenvalue weighted by molar-refractivity contribution is 9.13. The molecule has 2 aromatic carbocycles. The first-order valence-corrected chi connectivity index (χ1v) is 12.2. The predicted molar refractivity (Wildman–Crippen MR) is 135 cm³/mol. The standard InChI is InChI=1S/C22H22Br3N3O3/c1-4-6-7-18-27-16-9-8-14(23)11-15(16)22(29)28(18)26-12-13-10-17(31-5-2)21(30-3)20(25)19(13)24/h8-12H,4-7H2,1-3H3. The number of nitrogens with zero attached hydrogens (tertiary/aromatic N) is 3. The van der Waals surface area contributed by atoms with Gasteiger partial charge in [0.15, 0.2) is 11.5 Å². The second-order valence-corrected chi connectivity index (χ2v) is 9.21. The minimum atomic E-state index is -0.206. The van der Waals surface area contributed by atoms with Crippen LogP contribution in [0.25, 0.3) is 10.9 Å². The van der Waals surface area contributed by atoms with Gasteiger partial charge in [0, 0.05) is 20.9 Å². The van der Waals surface area contributed by atoms with Gasteiger partial charge in [-0.05, 0) is 69.5 Å². The number of ether oxygens (including phenoxy) is 2. The van der Waals surface area contributed by atoms with Crippen molar-refractivity contribution in [2.75, 3.05) is 13.7 Å². The van der Waals surface area contributed by atoms with Gasteiger partial charge in [-0.2, -0.15) is 9.78 Å². The van der Waals surface area contributed by atoms with E-state index < -0.39 is 0 Å². The van der Waals surface area contributed by atoms with Crippen molar-refractivity contribution in [2.45, 2.75) is 33.1 Å². The van der Waals surface area contributed by atoms with E-state index in [9.17, 15) is 4.79 Å². The maximum Gasteiger partial charge on any atom is 0.282 e. The normalized spacial score (nSPS) is 11.4. The zero-order chi connectivity index (χ0) is 22.5. The zero-order valence-corrected chi connectivity index (χ0v) is 22.2. The maximum atomic E-state index is 13.2. The molecule has 6 nitrogen and oxygen atoms in total. The first-order valence-electron chi connectivity index (χ1n) is 9.85. The van der Waals surface area contributed by atoms with E-state index in [1.54, 1.807) is 19.4 Å². The van der Waals surface area contributed by atoms with Crippen LogP contribution in [0.15, 0.2) is 47.6 Å². The van der Waals surface area contributed by atoms with E-state index in [1.807, 2.05) is 25.1 Å². The minimum Gasteiger partial charge on any atom is -0.492 e.